The van der Waals surface area contributed by atoms with Gasteiger partial charge in [0.05, 0.1) is 7.11 Å². The quantitative estimate of drug-likeness (QED) is 0.866. The van der Waals surface area contributed by atoms with Crippen LogP contribution < -0.4 is 10.1 Å². The van der Waals surface area contributed by atoms with Gasteiger partial charge in [-0.25, -0.2) is 4.98 Å². The minimum Gasteiger partial charge on any atom is -0.481 e. The normalized spacial score (nSPS) is 10.7. The second-order valence-corrected chi connectivity index (χ2v) is 5.66. The summed E-state index contributed by atoms with van der Waals surface area (Å²) in [6, 6.07) is 3.19. The van der Waals surface area contributed by atoms with E-state index in [0.29, 0.717) is 16.6 Å². The average Bonchev–Trinajstić information content (AvgIpc) is 2.92. The van der Waals surface area contributed by atoms with E-state index < -0.39 is 0 Å². The maximum absolute atomic E-state index is 12.1. The van der Waals surface area contributed by atoms with Crippen molar-refractivity contribution in [3.8, 4) is 5.88 Å². The lowest BCUT2D eigenvalue weighted by Gasteiger charge is -2.05. The van der Waals surface area contributed by atoms with E-state index >= 15 is 0 Å². The highest BCUT2D eigenvalue weighted by Gasteiger charge is 2.11. The predicted octanol–water partition coefficient (Wildman–Crippen LogP) is 1.30. The topological polar surface area (TPSA) is 80.2 Å². The van der Waals surface area contributed by atoms with Crippen LogP contribution in [-0.2, 0) is 6.42 Å². The summed E-state index contributed by atoms with van der Waals surface area (Å²) in [5, 5.41) is 12.1. The Kier molecular flexibility index (Phi) is 5.18. The molecule has 2 aromatic heterocycles. The summed E-state index contributed by atoms with van der Waals surface area (Å²) in [6.45, 7) is 0.893. The van der Waals surface area contributed by atoms with Crippen molar-refractivity contribution in [3.05, 3.63) is 28.9 Å². The number of likely N-dealkylation sites (N-methyl/N-ethyl adjacent to an activating group) is 1. The fraction of sp³-hybridized carbons (Fsp3) is 0.385. The molecule has 21 heavy (non-hydrogen) atoms. The fourth-order valence-corrected chi connectivity index (χ4v) is 2.28. The zero-order valence-electron chi connectivity index (χ0n) is 12.2. The summed E-state index contributed by atoms with van der Waals surface area (Å²) >= 11 is 1.38. The molecular weight excluding hydrogens is 290 g/mol. The van der Waals surface area contributed by atoms with Gasteiger partial charge in [-0.3, -0.25) is 10.1 Å². The van der Waals surface area contributed by atoms with Crippen LogP contribution in [0.15, 0.2) is 18.3 Å². The molecule has 7 nitrogen and oxygen atoms in total. The lowest BCUT2D eigenvalue weighted by atomic mass is 10.2. The van der Waals surface area contributed by atoms with Crippen LogP contribution in [-0.4, -0.2) is 53.7 Å². The third-order valence-corrected chi connectivity index (χ3v) is 3.56. The molecule has 0 unspecified atom stereocenters. The number of hydrogen-bond donors (Lipinski definition) is 1. The van der Waals surface area contributed by atoms with E-state index in [-0.39, 0.29) is 5.91 Å². The summed E-state index contributed by atoms with van der Waals surface area (Å²) in [5.41, 5.74) is 0.465. The highest BCUT2D eigenvalue weighted by Crippen LogP contribution is 2.17. The number of methoxy groups -OCH3 is 1. The molecule has 0 bridgehead atoms. The Morgan fingerprint density at radius 2 is 2.24 bits per heavy atom. The van der Waals surface area contributed by atoms with Gasteiger partial charge >= 0.3 is 0 Å². The zero-order chi connectivity index (χ0) is 15.2. The van der Waals surface area contributed by atoms with Crippen LogP contribution in [0, 0.1) is 0 Å². The van der Waals surface area contributed by atoms with Crippen molar-refractivity contribution in [2.75, 3.05) is 33.1 Å². The van der Waals surface area contributed by atoms with Crippen molar-refractivity contribution in [2.24, 2.45) is 0 Å². The van der Waals surface area contributed by atoms with Crippen LogP contribution in [0.4, 0.5) is 5.13 Å². The Morgan fingerprint density at radius 1 is 1.43 bits per heavy atom. The van der Waals surface area contributed by atoms with Gasteiger partial charge in [-0.2, -0.15) is 0 Å². The first-order chi connectivity index (χ1) is 10.1. The molecule has 0 radical (unpaired) electrons. The number of pyridine rings is 1. The number of carbonyl (C=O) groups excluding carboxylic acids is 1. The molecular formula is C13H17N5O2S. The van der Waals surface area contributed by atoms with Crippen molar-refractivity contribution in [3.63, 3.8) is 0 Å². The third-order valence-electron chi connectivity index (χ3n) is 2.67. The smallest absolute Gasteiger partial charge is 0.257 e. The van der Waals surface area contributed by atoms with E-state index in [0.717, 1.165) is 18.0 Å². The first-order valence-electron chi connectivity index (χ1n) is 6.37. The minimum atomic E-state index is -0.258. The molecule has 0 atom stereocenters. The summed E-state index contributed by atoms with van der Waals surface area (Å²) in [7, 11) is 5.51. The number of hydrogen-bond acceptors (Lipinski definition) is 7. The highest BCUT2D eigenvalue weighted by atomic mass is 32.1. The lowest BCUT2D eigenvalue weighted by molar-refractivity contribution is 0.102. The lowest BCUT2D eigenvalue weighted by Crippen LogP contribution is -2.14. The number of rotatable bonds is 6. The van der Waals surface area contributed by atoms with Crippen molar-refractivity contribution in [1.82, 2.24) is 20.1 Å². The van der Waals surface area contributed by atoms with Gasteiger partial charge in [-0.15, -0.1) is 10.2 Å². The maximum Gasteiger partial charge on any atom is 0.257 e. The van der Waals surface area contributed by atoms with Crippen LogP contribution >= 0.6 is 11.3 Å². The van der Waals surface area contributed by atoms with E-state index in [1.54, 1.807) is 12.1 Å². The summed E-state index contributed by atoms with van der Waals surface area (Å²) in [4.78, 5) is 18.1. The Labute approximate surface area is 127 Å². The predicted molar refractivity (Wildman–Crippen MR) is 80.9 cm³/mol. The van der Waals surface area contributed by atoms with Crippen molar-refractivity contribution < 1.29 is 9.53 Å². The van der Waals surface area contributed by atoms with Gasteiger partial charge < -0.3 is 9.64 Å². The Bertz CT molecular complexity index is 614. The van der Waals surface area contributed by atoms with Gasteiger partial charge in [0.2, 0.25) is 11.0 Å². The molecule has 0 spiro atoms. The first-order valence-corrected chi connectivity index (χ1v) is 7.18. The molecule has 2 aromatic rings. The molecule has 1 amide bonds. The average molecular weight is 307 g/mol. The molecule has 1 N–H and O–H groups in total. The number of nitrogens with zero attached hydrogens (tertiary/aromatic N) is 4. The number of anilines is 1. The molecule has 0 aliphatic rings. The summed E-state index contributed by atoms with van der Waals surface area (Å²) < 4.78 is 4.99. The summed E-state index contributed by atoms with van der Waals surface area (Å²) in [6.07, 6.45) is 2.33. The molecule has 0 aliphatic carbocycles. The number of amides is 1. The molecule has 0 saturated heterocycles. The minimum absolute atomic E-state index is 0.258. The van der Waals surface area contributed by atoms with Crippen LogP contribution in [0.2, 0.25) is 0 Å². The van der Waals surface area contributed by atoms with Gasteiger partial charge in [0.1, 0.15) is 5.01 Å². The molecule has 0 fully saturated rings. The largest absolute Gasteiger partial charge is 0.481 e. The van der Waals surface area contributed by atoms with Gasteiger partial charge in [0, 0.05) is 30.8 Å². The van der Waals surface area contributed by atoms with Gasteiger partial charge in [-0.1, -0.05) is 11.3 Å². The third kappa shape index (κ3) is 4.47. The van der Waals surface area contributed by atoms with Crippen molar-refractivity contribution >= 4 is 22.4 Å². The van der Waals surface area contributed by atoms with E-state index in [9.17, 15) is 4.79 Å². The molecule has 0 aromatic carbocycles. The number of carbonyl (C=O) groups is 1. The highest BCUT2D eigenvalue weighted by molar-refractivity contribution is 7.15. The second-order valence-electron chi connectivity index (χ2n) is 4.60. The summed E-state index contributed by atoms with van der Waals surface area (Å²) in [5.74, 6) is 0.137. The molecule has 2 rings (SSSR count). The van der Waals surface area contributed by atoms with Gasteiger partial charge in [0.25, 0.3) is 5.91 Å². The number of aromatic nitrogens is 3. The monoisotopic (exact) mass is 307 g/mol. The molecule has 0 saturated carbocycles. The standard InChI is InChI=1S/C13H17N5O2S/c1-18(2)7-5-11-16-17-13(21-11)15-12(19)9-4-6-14-10(8-9)20-3/h4,6,8H,5,7H2,1-3H3,(H,15,17,19). The number of ether oxygens (including phenoxy) is 1. The van der Waals surface area contributed by atoms with Gasteiger partial charge in [-0.05, 0) is 20.2 Å². The molecule has 0 aliphatic heterocycles. The van der Waals surface area contributed by atoms with Crippen LogP contribution in [0.5, 0.6) is 5.88 Å². The van der Waals surface area contributed by atoms with Crippen LogP contribution in [0.25, 0.3) is 0 Å². The van der Waals surface area contributed by atoms with E-state index in [4.69, 9.17) is 4.74 Å². The molecule has 112 valence electrons. The van der Waals surface area contributed by atoms with Crippen LogP contribution in [0.3, 0.4) is 0 Å². The molecule has 2 heterocycles. The fourth-order valence-electron chi connectivity index (χ4n) is 1.56. The SMILES string of the molecule is COc1cc(C(=O)Nc2nnc(CCN(C)C)s2)ccn1. The van der Waals surface area contributed by atoms with E-state index in [1.807, 2.05) is 14.1 Å². The van der Waals surface area contributed by atoms with Crippen molar-refractivity contribution in [2.45, 2.75) is 6.42 Å². The Hall–Kier alpha value is -2.06. The Morgan fingerprint density at radius 3 is 2.95 bits per heavy atom. The van der Waals surface area contributed by atoms with E-state index in [1.165, 1.54) is 24.6 Å². The molecule has 8 heteroatoms. The van der Waals surface area contributed by atoms with Crippen LogP contribution in [0.1, 0.15) is 15.4 Å². The Balaban J connectivity index is 1.99. The second kappa shape index (κ2) is 7.09. The maximum atomic E-state index is 12.1. The van der Waals surface area contributed by atoms with E-state index in [2.05, 4.69) is 25.4 Å². The first kappa shape index (κ1) is 15.3. The number of nitrogens with one attached hydrogen (secondary N) is 1. The van der Waals surface area contributed by atoms with Crippen molar-refractivity contribution in [1.29, 1.82) is 0 Å². The van der Waals surface area contributed by atoms with Gasteiger partial charge in [0.15, 0.2) is 0 Å². The zero-order valence-corrected chi connectivity index (χ0v) is 13.0.